The molecular weight excluding hydrogens is 380 g/mol. The molecule has 6 nitrogen and oxygen atoms in total. The predicted molar refractivity (Wildman–Crippen MR) is 116 cm³/mol. The van der Waals surface area contributed by atoms with E-state index in [9.17, 15) is 14.4 Å². The highest BCUT2D eigenvalue weighted by Crippen LogP contribution is 2.22. The first-order valence-electron chi connectivity index (χ1n) is 10.0. The first kappa shape index (κ1) is 23.1. The lowest BCUT2D eigenvalue weighted by Gasteiger charge is -2.19. The lowest BCUT2D eigenvalue weighted by atomic mass is 9.87. The molecule has 2 amide bonds. The number of esters is 1. The van der Waals surface area contributed by atoms with Gasteiger partial charge in [-0.3, -0.25) is 14.4 Å². The Balaban J connectivity index is 1.67. The third kappa shape index (κ3) is 7.35. The Labute approximate surface area is 178 Å². The number of benzene rings is 2. The molecule has 0 bridgehead atoms. The van der Waals surface area contributed by atoms with Crippen molar-refractivity contribution in [3.63, 3.8) is 0 Å². The average Bonchev–Trinajstić information content (AvgIpc) is 2.71. The third-order valence-corrected chi connectivity index (χ3v) is 4.75. The molecule has 0 aliphatic rings. The molecule has 2 rings (SSSR count). The van der Waals surface area contributed by atoms with E-state index in [2.05, 4.69) is 31.4 Å². The molecule has 0 saturated heterocycles. The molecule has 0 radical (unpaired) electrons. The Bertz CT molecular complexity index is 883. The van der Waals surface area contributed by atoms with Crippen molar-refractivity contribution in [3.05, 3.63) is 70.8 Å². The first-order chi connectivity index (χ1) is 14.2. The van der Waals surface area contributed by atoms with Crippen molar-refractivity contribution in [2.45, 2.75) is 39.5 Å². The smallest absolute Gasteiger partial charge is 0.325 e. The number of hydrogen-bond donors (Lipinski definition) is 2. The Morgan fingerprint density at radius 2 is 1.60 bits per heavy atom. The molecule has 2 N–H and O–H groups in total. The maximum atomic E-state index is 12.2. The van der Waals surface area contributed by atoms with Gasteiger partial charge in [0.25, 0.3) is 11.8 Å². The van der Waals surface area contributed by atoms with Gasteiger partial charge in [0.2, 0.25) is 0 Å². The second kappa shape index (κ2) is 10.6. The Kier molecular flexibility index (Phi) is 8.16. The van der Waals surface area contributed by atoms with Gasteiger partial charge in [0.15, 0.2) is 6.61 Å². The third-order valence-electron chi connectivity index (χ3n) is 4.75. The van der Waals surface area contributed by atoms with Gasteiger partial charge in [-0.2, -0.15) is 0 Å². The van der Waals surface area contributed by atoms with Crippen molar-refractivity contribution < 1.29 is 19.1 Å². The van der Waals surface area contributed by atoms with Crippen LogP contribution in [0, 0.1) is 6.92 Å². The summed E-state index contributed by atoms with van der Waals surface area (Å²) >= 11 is 0. The number of hydrogen-bond acceptors (Lipinski definition) is 4. The van der Waals surface area contributed by atoms with Gasteiger partial charge in [-0.05, 0) is 47.6 Å². The molecule has 0 aromatic heterocycles. The molecule has 2 aromatic rings. The number of carbonyl (C=O) groups excluding carboxylic acids is 3. The summed E-state index contributed by atoms with van der Waals surface area (Å²) < 4.78 is 4.91. The van der Waals surface area contributed by atoms with Crippen molar-refractivity contribution >= 4 is 17.8 Å². The quantitative estimate of drug-likeness (QED) is 0.656. The van der Waals surface area contributed by atoms with Gasteiger partial charge >= 0.3 is 5.97 Å². The van der Waals surface area contributed by atoms with Gasteiger partial charge in [0.05, 0.1) is 0 Å². The Hall–Kier alpha value is -3.15. The average molecular weight is 411 g/mol. The minimum absolute atomic E-state index is 0.000684. The van der Waals surface area contributed by atoms with Gasteiger partial charge < -0.3 is 15.4 Å². The van der Waals surface area contributed by atoms with E-state index in [4.69, 9.17) is 4.74 Å². The fraction of sp³-hybridized carbons (Fsp3) is 0.375. The van der Waals surface area contributed by atoms with Crippen LogP contribution in [0.5, 0.6) is 0 Å². The highest BCUT2D eigenvalue weighted by molar-refractivity contribution is 5.96. The molecule has 0 heterocycles. The van der Waals surface area contributed by atoms with E-state index in [-0.39, 0.29) is 30.4 Å². The molecule has 2 aromatic carbocycles. The van der Waals surface area contributed by atoms with E-state index in [1.54, 1.807) is 12.1 Å². The lowest BCUT2D eigenvalue weighted by Crippen LogP contribution is -2.34. The molecular formula is C24H30N2O4. The summed E-state index contributed by atoms with van der Waals surface area (Å²) in [4.78, 5) is 35.8. The van der Waals surface area contributed by atoms with Gasteiger partial charge in [-0.25, -0.2) is 0 Å². The maximum absolute atomic E-state index is 12.2. The van der Waals surface area contributed by atoms with Crippen LogP contribution in [-0.4, -0.2) is 37.5 Å². The summed E-state index contributed by atoms with van der Waals surface area (Å²) in [7, 11) is 0. The summed E-state index contributed by atoms with van der Waals surface area (Å²) in [5.41, 5.74) is 3.91. The van der Waals surface area contributed by atoms with Crippen LogP contribution in [0.15, 0.2) is 48.5 Å². The second-order valence-electron chi connectivity index (χ2n) is 8.20. The molecule has 6 heteroatoms. The second-order valence-corrected chi connectivity index (χ2v) is 8.20. The first-order valence-corrected chi connectivity index (χ1v) is 10.0. The standard InChI is InChI=1S/C24H30N2O4/c1-17-7-5-6-8-18(17)13-14-25-21(27)16-30-22(28)15-26-23(29)19-9-11-20(12-10-19)24(2,3)4/h5-12H,13-16H2,1-4H3,(H,25,27)(H,26,29). The molecule has 0 unspecified atom stereocenters. The highest BCUT2D eigenvalue weighted by Gasteiger charge is 2.15. The van der Waals surface area contributed by atoms with Crippen LogP contribution in [0.2, 0.25) is 0 Å². The summed E-state index contributed by atoms with van der Waals surface area (Å²) in [6, 6.07) is 15.2. The summed E-state index contributed by atoms with van der Waals surface area (Å²) in [6.07, 6.45) is 0.705. The number of ether oxygens (including phenoxy) is 1. The topological polar surface area (TPSA) is 84.5 Å². The van der Waals surface area contributed by atoms with E-state index in [0.717, 1.165) is 11.1 Å². The maximum Gasteiger partial charge on any atom is 0.325 e. The Morgan fingerprint density at radius 1 is 0.933 bits per heavy atom. The van der Waals surface area contributed by atoms with Crippen molar-refractivity contribution in [1.29, 1.82) is 0 Å². The fourth-order valence-electron chi connectivity index (χ4n) is 2.85. The van der Waals surface area contributed by atoms with E-state index >= 15 is 0 Å². The minimum Gasteiger partial charge on any atom is -0.454 e. The molecule has 0 aliphatic heterocycles. The van der Waals surface area contributed by atoms with Crippen molar-refractivity contribution in [2.75, 3.05) is 19.7 Å². The van der Waals surface area contributed by atoms with Crippen molar-refractivity contribution in [3.8, 4) is 0 Å². The zero-order valence-electron chi connectivity index (χ0n) is 18.1. The SMILES string of the molecule is Cc1ccccc1CCNC(=O)COC(=O)CNC(=O)c1ccc(C(C)(C)C)cc1. The fourth-order valence-corrected chi connectivity index (χ4v) is 2.85. The van der Waals surface area contributed by atoms with Crippen LogP contribution in [0.3, 0.4) is 0 Å². The molecule has 0 aliphatic carbocycles. The monoisotopic (exact) mass is 410 g/mol. The predicted octanol–water partition coefficient (Wildman–Crippen LogP) is 2.92. The van der Waals surface area contributed by atoms with E-state index in [0.29, 0.717) is 18.5 Å². The molecule has 0 atom stereocenters. The van der Waals surface area contributed by atoms with Crippen LogP contribution in [0.25, 0.3) is 0 Å². The lowest BCUT2D eigenvalue weighted by molar-refractivity contribution is -0.147. The van der Waals surface area contributed by atoms with Gasteiger partial charge in [0.1, 0.15) is 6.54 Å². The van der Waals surface area contributed by atoms with Crippen molar-refractivity contribution in [1.82, 2.24) is 10.6 Å². The largest absolute Gasteiger partial charge is 0.454 e. The van der Waals surface area contributed by atoms with Crippen LogP contribution < -0.4 is 10.6 Å². The number of rotatable bonds is 8. The van der Waals surface area contributed by atoms with Crippen LogP contribution in [0.1, 0.15) is 47.8 Å². The summed E-state index contributed by atoms with van der Waals surface area (Å²) in [5.74, 6) is -1.40. The molecule has 160 valence electrons. The van der Waals surface area contributed by atoms with E-state index in [1.807, 2.05) is 43.3 Å². The zero-order chi connectivity index (χ0) is 22.1. The van der Waals surface area contributed by atoms with Crippen LogP contribution in [0.4, 0.5) is 0 Å². The molecule has 0 spiro atoms. The Morgan fingerprint density at radius 3 is 2.23 bits per heavy atom. The van der Waals surface area contributed by atoms with E-state index in [1.165, 1.54) is 5.56 Å². The normalized spacial score (nSPS) is 10.9. The number of nitrogens with one attached hydrogen (secondary N) is 2. The number of carbonyl (C=O) groups is 3. The summed E-state index contributed by atoms with van der Waals surface area (Å²) in [6.45, 7) is 8.10. The molecule has 0 fully saturated rings. The van der Waals surface area contributed by atoms with Gasteiger partial charge in [0, 0.05) is 12.1 Å². The van der Waals surface area contributed by atoms with Gasteiger partial charge in [-0.1, -0.05) is 57.2 Å². The molecule has 0 saturated carbocycles. The number of aryl methyl sites for hydroxylation is 1. The minimum atomic E-state index is -0.663. The van der Waals surface area contributed by atoms with Crippen LogP contribution in [-0.2, 0) is 26.2 Å². The highest BCUT2D eigenvalue weighted by atomic mass is 16.5. The van der Waals surface area contributed by atoms with Crippen molar-refractivity contribution in [2.24, 2.45) is 0 Å². The number of amides is 2. The van der Waals surface area contributed by atoms with E-state index < -0.39 is 5.97 Å². The van der Waals surface area contributed by atoms with Crippen LogP contribution >= 0.6 is 0 Å². The zero-order valence-corrected chi connectivity index (χ0v) is 18.1. The summed E-state index contributed by atoms with van der Waals surface area (Å²) in [5, 5.41) is 5.22. The molecule has 30 heavy (non-hydrogen) atoms. The van der Waals surface area contributed by atoms with Gasteiger partial charge in [-0.15, -0.1) is 0 Å².